The molecule has 1 aromatic carbocycles. The van der Waals surface area contributed by atoms with E-state index < -0.39 is 18.0 Å². The summed E-state index contributed by atoms with van der Waals surface area (Å²) in [6.07, 6.45) is 1.79. The molecule has 0 amide bonds. The van der Waals surface area contributed by atoms with Crippen molar-refractivity contribution in [2.24, 2.45) is 10.4 Å². The second-order valence-corrected chi connectivity index (χ2v) is 9.15. The van der Waals surface area contributed by atoms with Crippen molar-refractivity contribution in [3.05, 3.63) is 54.1 Å². The fourth-order valence-electron chi connectivity index (χ4n) is 4.06. The molecule has 0 aliphatic carbocycles. The fraction of sp³-hybridized carbons (Fsp3) is 0.391. The molecule has 0 saturated carbocycles. The zero-order chi connectivity index (χ0) is 23.8. The maximum absolute atomic E-state index is 13.3. The third kappa shape index (κ3) is 5.12. The van der Waals surface area contributed by atoms with Crippen LogP contribution in [-0.2, 0) is 6.18 Å². The third-order valence-electron chi connectivity index (χ3n) is 5.27. The number of aliphatic imine (C=N–C) groups is 1. The number of nitrogens with one attached hydrogen (secondary N) is 2. The van der Waals surface area contributed by atoms with Crippen molar-refractivity contribution in [2.45, 2.75) is 26.3 Å². The highest BCUT2D eigenvalue weighted by Crippen LogP contribution is 2.35. The molecule has 1 aliphatic rings. The van der Waals surface area contributed by atoms with Crippen LogP contribution in [0.4, 0.5) is 13.2 Å². The van der Waals surface area contributed by atoms with Gasteiger partial charge in [-0.05, 0) is 37.7 Å². The summed E-state index contributed by atoms with van der Waals surface area (Å²) in [5.41, 5.74) is 1.30. The third-order valence-corrected chi connectivity index (χ3v) is 5.27. The van der Waals surface area contributed by atoms with Gasteiger partial charge in [-0.3, -0.25) is 14.7 Å². The predicted molar refractivity (Wildman–Crippen MR) is 122 cm³/mol. The molecule has 3 heterocycles. The number of hydrogen-bond donors (Lipinski definition) is 2. The van der Waals surface area contributed by atoms with E-state index in [-0.39, 0.29) is 5.41 Å². The Morgan fingerprint density at radius 3 is 2.76 bits per heavy atom. The quantitative estimate of drug-likeness (QED) is 0.556. The van der Waals surface area contributed by atoms with E-state index in [9.17, 15) is 13.2 Å². The van der Waals surface area contributed by atoms with E-state index in [1.165, 1.54) is 12.3 Å². The Morgan fingerprint density at radius 2 is 2.03 bits per heavy atom. The van der Waals surface area contributed by atoms with E-state index in [2.05, 4.69) is 39.4 Å². The molecular weight excluding hydrogens is 433 g/mol. The van der Waals surface area contributed by atoms with Gasteiger partial charge in [0.1, 0.15) is 12.0 Å². The van der Waals surface area contributed by atoms with Crippen molar-refractivity contribution in [3.8, 4) is 11.3 Å². The number of hydrogen-bond acceptors (Lipinski definition) is 6. The number of benzene rings is 1. The van der Waals surface area contributed by atoms with E-state index >= 15 is 0 Å². The molecule has 3 aromatic rings. The Balaban J connectivity index is 1.63. The topological polar surface area (TPSA) is 70.1 Å². The number of allylic oxidation sites excluding steroid dienone is 1. The van der Waals surface area contributed by atoms with Gasteiger partial charge in [0.15, 0.2) is 6.29 Å². The summed E-state index contributed by atoms with van der Waals surface area (Å²) in [6.45, 7) is 5.95. The molecule has 1 unspecified atom stereocenters. The highest BCUT2D eigenvalue weighted by atomic mass is 19.4. The lowest BCUT2D eigenvalue weighted by Gasteiger charge is -2.31. The van der Waals surface area contributed by atoms with Crippen LogP contribution in [0.3, 0.4) is 0 Å². The molecule has 33 heavy (non-hydrogen) atoms. The van der Waals surface area contributed by atoms with Crippen LogP contribution in [0.1, 0.15) is 25.1 Å². The van der Waals surface area contributed by atoms with Crippen molar-refractivity contribution in [2.75, 3.05) is 27.2 Å². The summed E-state index contributed by atoms with van der Waals surface area (Å²) < 4.78 is 47.0. The second-order valence-electron chi connectivity index (χ2n) is 9.15. The SMILES string of the molecule is CN(C)CC(C)(C)CNC1N=CC=C(c2c(-c3cccc(C(F)(F)F)c3)nc3occn23)N1. The number of rotatable bonds is 7. The van der Waals surface area contributed by atoms with Crippen molar-refractivity contribution < 1.29 is 17.6 Å². The number of nitrogens with zero attached hydrogens (tertiary/aromatic N) is 4. The number of fused-ring (bicyclic) bond motifs is 1. The molecule has 0 spiro atoms. The smallest absolute Gasteiger partial charge is 0.416 e. The predicted octanol–water partition coefficient (Wildman–Crippen LogP) is 4.09. The molecule has 1 aliphatic heterocycles. The Hall–Kier alpha value is -3.11. The molecule has 176 valence electrons. The molecule has 2 N–H and O–H groups in total. The standard InChI is InChI=1S/C23H27F3N6O/c1-22(2,14-31(3)4)13-28-20-27-9-8-17(29-20)19-18(30-21-32(19)10-11-33-21)15-6-5-7-16(12-15)23(24,25)26/h5-12,20,28-29H,13-14H2,1-4H3. The second kappa shape index (κ2) is 8.68. The van der Waals surface area contributed by atoms with Gasteiger partial charge in [0, 0.05) is 31.1 Å². The largest absolute Gasteiger partial charge is 0.432 e. The van der Waals surface area contributed by atoms with E-state index in [4.69, 9.17) is 4.42 Å². The summed E-state index contributed by atoms with van der Waals surface area (Å²) in [4.78, 5) is 11.0. The summed E-state index contributed by atoms with van der Waals surface area (Å²) >= 11 is 0. The fourth-order valence-corrected chi connectivity index (χ4v) is 4.06. The van der Waals surface area contributed by atoms with E-state index in [0.717, 1.165) is 18.7 Å². The van der Waals surface area contributed by atoms with E-state index in [1.807, 2.05) is 14.1 Å². The first-order valence-corrected chi connectivity index (χ1v) is 10.6. The van der Waals surface area contributed by atoms with Crippen LogP contribution in [0.2, 0.25) is 0 Å². The minimum atomic E-state index is -4.45. The number of halogens is 3. The molecule has 4 rings (SSSR count). The Labute approximate surface area is 190 Å². The number of alkyl halides is 3. The molecule has 10 heteroatoms. The van der Waals surface area contributed by atoms with Crippen molar-refractivity contribution in [1.82, 2.24) is 24.9 Å². The first-order valence-electron chi connectivity index (χ1n) is 10.6. The Kier molecular flexibility index (Phi) is 6.06. The lowest BCUT2D eigenvalue weighted by atomic mass is 9.93. The molecule has 7 nitrogen and oxygen atoms in total. The zero-order valence-corrected chi connectivity index (χ0v) is 18.9. The van der Waals surface area contributed by atoms with Crippen molar-refractivity contribution in [3.63, 3.8) is 0 Å². The van der Waals surface area contributed by atoms with Crippen LogP contribution < -0.4 is 10.6 Å². The summed E-state index contributed by atoms with van der Waals surface area (Å²) in [5.74, 6) is 0.291. The lowest BCUT2D eigenvalue weighted by Crippen LogP contribution is -2.47. The van der Waals surface area contributed by atoms with Gasteiger partial charge >= 0.3 is 12.0 Å². The molecular formula is C23H27F3N6O. The maximum atomic E-state index is 13.3. The van der Waals surface area contributed by atoms with Crippen LogP contribution in [-0.4, -0.2) is 54.0 Å². The van der Waals surface area contributed by atoms with Gasteiger partial charge in [0.2, 0.25) is 0 Å². The van der Waals surface area contributed by atoms with Crippen LogP contribution in [0.15, 0.2) is 52.2 Å². The number of aromatic nitrogens is 2. The van der Waals surface area contributed by atoms with Gasteiger partial charge in [-0.15, -0.1) is 0 Å². The molecule has 1 atom stereocenters. The summed E-state index contributed by atoms with van der Waals surface area (Å²) in [7, 11) is 4.06. The molecule has 2 aromatic heterocycles. The molecule has 0 saturated heterocycles. The van der Waals surface area contributed by atoms with Gasteiger partial charge in [-0.1, -0.05) is 26.0 Å². The van der Waals surface area contributed by atoms with Gasteiger partial charge in [-0.2, -0.15) is 18.2 Å². The lowest BCUT2D eigenvalue weighted by molar-refractivity contribution is -0.137. The van der Waals surface area contributed by atoms with Gasteiger partial charge in [0.25, 0.3) is 0 Å². The van der Waals surface area contributed by atoms with Crippen LogP contribution >= 0.6 is 0 Å². The van der Waals surface area contributed by atoms with Gasteiger partial charge in [0.05, 0.1) is 17.0 Å². The molecule has 0 radical (unpaired) electrons. The average molecular weight is 461 g/mol. The van der Waals surface area contributed by atoms with Crippen molar-refractivity contribution >= 4 is 17.8 Å². The highest BCUT2D eigenvalue weighted by molar-refractivity contribution is 5.89. The van der Waals surface area contributed by atoms with Gasteiger partial charge < -0.3 is 14.6 Å². The van der Waals surface area contributed by atoms with Crippen LogP contribution in [0.25, 0.3) is 22.8 Å². The summed E-state index contributed by atoms with van der Waals surface area (Å²) in [5, 5.41) is 6.74. The van der Waals surface area contributed by atoms with E-state index in [1.54, 1.807) is 29.0 Å². The minimum Gasteiger partial charge on any atom is -0.432 e. The number of oxazole rings is 1. The minimum absolute atomic E-state index is 0.0135. The Bertz CT molecular complexity index is 1190. The normalized spacial score (nSPS) is 17.0. The zero-order valence-electron chi connectivity index (χ0n) is 18.9. The first-order chi connectivity index (χ1) is 15.5. The highest BCUT2D eigenvalue weighted by Gasteiger charge is 2.31. The average Bonchev–Trinajstić information content (AvgIpc) is 3.32. The maximum Gasteiger partial charge on any atom is 0.416 e. The molecule has 0 fully saturated rings. The first kappa shape index (κ1) is 23.1. The van der Waals surface area contributed by atoms with Gasteiger partial charge in [-0.25, -0.2) is 0 Å². The molecule has 0 bridgehead atoms. The monoisotopic (exact) mass is 460 g/mol. The number of imidazole rings is 1. The summed E-state index contributed by atoms with van der Waals surface area (Å²) in [6, 6.07) is 5.13. The van der Waals surface area contributed by atoms with E-state index in [0.29, 0.717) is 35.0 Å². The van der Waals surface area contributed by atoms with Crippen molar-refractivity contribution in [1.29, 1.82) is 0 Å². The van der Waals surface area contributed by atoms with Crippen LogP contribution in [0, 0.1) is 5.41 Å². The van der Waals surface area contributed by atoms with Crippen LogP contribution in [0.5, 0.6) is 0 Å². The Morgan fingerprint density at radius 1 is 1.24 bits per heavy atom.